The van der Waals surface area contributed by atoms with Gasteiger partial charge < -0.3 is 14.9 Å². The van der Waals surface area contributed by atoms with E-state index >= 15 is 0 Å². The molecule has 1 aliphatic heterocycles. The minimum atomic E-state index is -1.00. The van der Waals surface area contributed by atoms with E-state index in [2.05, 4.69) is 0 Å². The second-order valence-electron chi connectivity index (χ2n) is 4.83. The van der Waals surface area contributed by atoms with E-state index in [9.17, 15) is 9.90 Å². The van der Waals surface area contributed by atoms with Crippen LogP contribution < -0.4 is 4.74 Å². The third-order valence-corrected chi connectivity index (χ3v) is 3.48. The molecule has 106 valence electrons. The van der Waals surface area contributed by atoms with Crippen molar-refractivity contribution in [2.45, 2.75) is 13.2 Å². The second-order valence-corrected chi connectivity index (χ2v) is 4.83. The van der Waals surface area contributed by atoms with Crippen molar-refractivity contribution in [1.29, 1.82) is 0 Å². The van der Waals surface area contributed by atoms with Crippen LogP contribution >= 0.6 is 0 Å². The van der Waals surface area contributed by atoms with Crippen molar-refractivity contribution in [2.75, 3.05) is 0 Å². The van der Waals surface area contributed by atoms with Gasteiger partial charge >= 0.3 is 5.97 Å². The summed E-state index contributed by atoms with van der Waals surface area (Å²) in [6.07, 6.45) is 1.20. The minimum Gasteiger partial charge on any atom is -0.488 e. The molecular weight excluding hydrogens is 268 g/mol. The van der Waals surface area contributed by atoms with Gasteiger partial charge in [-0.25, -0.2) is 4.79 Å². The molecule has 4 heteroatoms. The Morgan fingerprint density at radius 3 is 2.76 bits per heavy atom. The molecule has 0 aliphatic carbocycles. The zero-order chi connectivity index (χ0) is 14.8. The molecule has 0 spiro atoms. The van der Waals surface area contributed by atoms with E-state index in [4.69, 9.17) is 9.84 Å². The van der Waals surface area contributed by atoms with Crippen LogP contribution in [0, 0.1) is 0 Å². The number of aliphatic carboxylic acids is 1. The summed E-state index contributed by atoms with van der Waals surface area (Å²) in [4.78, 5) is 11.2. The number of aliphatic hydroxyl groups excluding tert-OH is 1. The largest absolute Gasteiger partial charge is 0.488 e. The van der Waals surface area contributed by atoms with Gasteiger partial charge in [0.1, 0.15) is 12.4 Å². The Balaban J connectivity index is 2.24. The quantitative estimate of drug-likeness (QED) is 0.831. The molecule has 2 aromatic carbocycles. The molecule has 0 atom stereocenters. The third kappa shape index (κ3) is 2.53. The molecule has 0 amide bonds. The van der Waals surface area contributed by atoms with Gasteiger partial charge in [-0.05, 0) is 22.8 Å². The lowest BCUT2D eigenvalue weighted by Gasteiger charge is -2.10. The molecule has 4 nitrogen and oxygen atoms in total. The normalized spacial score (nSPS) is 14.8. The highest BCUT2D eigenvalue weighted by Gasteiger charge is 2.20. The number of aliphatic hydroxyl groups is 1. The van der Waals surface area contributed by atoms with Gasteiger partial charge in [-0.2, -0.15) is 0 Å². The van der Waals surface area contributed by atoms with Crippen LogP contribution in [-0.4, -0.2) is 16.2 Å². The average molecular weight is 282 g/mol. The second kappa shape index (κ2) is 5.42. The van der Waals surface area contributed by atoms with E-state index in [1.54, 1.807) is 18.2 Å². The standard InChI is InChI=1S/C17H14O4/c18-9-11-5-6-14-15(8-17(19)20)13-4-2-1-3-12(13)10-21-16(14)7-11/h1-8,18H,9-10H2,(H,19,20)/b15-8-. The Morgan fingerprint density at radius 1 is 1.19 bits per heavy atom. The first-order valence-corrected chi connectivity index (χ1v) is 6.59. The Morgan fingerprint density at radius 2 is 2.00 bits per heavy atom. The van der Waals surface area contributed by atoms with Crippen LogP contribution in [-0.2, 0) is 18.0 Å². The molecule has 0 saturated heterocycles. The van der Waals surface area contributed by atoms with Gasteiger partial charge in [0.25, 0.3) is 0 Å². The van der Waals surface area contributed by atoms with Crippen LogP contribution in [0.4, 0.5) is 0 Å². The number of rotatable bonds is 2. The van der Waals surface area contributed by atoms with Crippen LogP contribution in [0.25, 0.3) is 5.57 Å². The Labute approximate surface area is 121 Å². The van der Waals surface area contributed by atoms with Gasteiger partial charge in [0.05, 0.1) is 6.61 Å². The molecule has 1 heterocycles. The number of carboxylic acid groups (broad SMARTS) is 1. The van der Waals surface area contributed by atoms with Crippen molar-refractivity contribution in [3.63, 3.8) is 0 Å². The molecule has 3 rings (SSSR count). The highest BCUT2D eigenvalue weighted by atomic mass is 16.5. The van der Waals surface area contributed by atoms with E-state index < -0.39 is 5.97 Å². The molecule has 0 radical (unpaired) electrons. The van der Waals surface area contributed by atoms with Crippen LogP contribution in [0.1, 0.15) is 22.3 Å². The van der Waals surface area contributed by atoms with Crippen molar-refractivity contribution < 1.29 is 19.7 Å². The van der Waals surface area contributed by atoms with Crippen LogP contribution in [0.2, 0.25) is 0 Å². The van der Waals surface area contributed by atoms with Gasteiger partial charge in [0.2, 0.25) is 0 Å². The molecule has 2 N–H and O–H groups in total. The van der Waals surface area contributed by atoms with Gasteiger partial charge in [0, 0.05) is 17.2 Å². The van der Waals surface area contributed by atoms with E-state index in [0.29, 0.717) is 17.9 Å². The summed E-state index contributed by atoms with van der Waals surface area (Å²) in [5.41, 5.74) is 3.87. The van der Waals surface area contributed by atoms with E-state index in [1.807, 2.05) is 24.3 Å². The number of carboxylic acids is 1. The molecule has 1 aliphatic rings. The average Bonchev–Trinajstić information content (AvgIpc) is 2.64. The lowest BCUT2D eigenvalue weighted by atomic mass is 9.93. The zero-order valence-corrected chi connectivity index (χ0v) is 11.2. The number of fused-ring (bicyclic) bond motifs is 2. The van der Waals surface area contributed by atoms with Crippen LogP contribution in [0.5, 0.6) is 5.75 Å². The monoisotopic (exact) mass is 282 g/mol. The van der Waals surface area contributed by atoms with Crippen molar-refractivity contribution in [3.05, 3.63) is 70.8 Å². The fourth-order valence-electron chi connectivity index (χ4n) is 2.50. The first-order valence-electron chi connectivity index (χ1n) is 6.59. The van der Waals surface area contributed by atoms with Crippen molar-refractivity contribution >= 4 is 11.5 Å². The summed E-state index contributed by atoms with van der Waals surface area (Å²) in [6.45, 7) is 0.288. The van der Waals surface area contributed by atoms with Crippen LogP contribution in [0.3, 0.4) is 0 Å². The number of carbonyl (C=O) groups is 1. The Bertz CT molecular complexity index is 731. The summed E-state index contributed by atoms with van der Waals surface area (Å²) in [5, 5.41) is 18.4. The topological polar surface area (TPSA) is 66.8 Å². The first-order chi connectivity index (χ1) is 10.2. The van der Waals surface area contributed by atoms with Gasteiger partial charge in [-0.15, -0.1) is 0 Å². The number of benzene rings is 2. The number of ether oxygens (including phenoxy) is 1. The molecule has 21 heavy (non-hydrogen) atoms. The Hall–Kier alpha value is -2.59. The molecule has 2 aromatic rings. The summed E-state index contributed by atoms with van der Waals surface area (Å²) in [7, 11) is 0. The van der Waals surface area contributed by atoms with E-state index in [0.717, 1.165) is 22.3 Å². The Kier molecular flexibility index (Phi) is 3.46. The smallest absolute Gasteiger partial charge is 0.328 e. The maximum Gasteiger partial charge on any atom is 0.328 e. The number of hydrogen-bond donors (Lipinski definition) is 2. The predicted octanol–water partition coefficient (Wildman–Crippen LogP) is 2.59. The molecule has 0 saturated carbocycles. The first kappa shape index (κ1) is 13.4. The van der Waals surface area contributed by atoms with E-state index in [-0.39, 0.29) is 6.61 Å². The lowest BCUT2D eigenvalue weighted by Crippen LogP contribution is -1.96. The fraction of sp³-hybridized carbons (Fsp3) is 0.118. The van der Waals surface area contributed by atoms with Gasteiger partial charge in [-0.1, -0.05) is 36.4 Å². The third-order valence-electron chi connectivity index (χ3n) is 3.48. The highest BCUT2D eigenvalue weighted by molar-refractivity contribution is 5.97. The zero-order valence-electron chi connectivity index (χ0n) is 11.2. The minimum absolute atomic E-state index is 0.0818. The maximum absolute atomic E-state index is 11.2. The SMILES string of the molecule is O=C(O)/C=C1/c2ccccc2COc2cc(CO)ccc21. The molecule has 0 fully saturated rings. The number of hydrogen-bond acceptors (Lipinski definition) is 3. The summed E-state index contributed by atoms with van der Waals surface area (Å²) in [5.74, 6) is -0.413. The lowest BCUT2D eigenvalue weighted by molar-refractivity contribution is -0.131. The van der Waals surface area contributed by atoms with Crippen molar-refractivity contribution in [2.24, 2.45) is 0 Å². The van der Waals surface area contributed by atoms with Crippen molar-refractivity contribution in [3.8, 4) is 5.75 Å². The van der Waals surface area contributed by atoms with Crippen LogP contribution in [0.15, 0.2) is 48.5 Å². The van der Waals surface area contributed by atoms with Gasteiger partial charge in [0.15, 0.2) is 0 Å². The summed E-state index contributed by atoms with van der Waals surface area (Å²) < 4.78 is 5.78. The molecule has 0 aromatic heterocycles. The van der Waals surface area contributed by atoms with Crippen molar-refractivity contribution in [1.82, 2.24) is 0 Å². The maximum atomic E-state index is 11.2. The summed E-state index contributed by atoms with van der Waals surface area (Å²) >= 11 is 0. The highest BCUT2D eigenvalue weighted by Crippen LogP contribution is 2.37. The molecule has 0 bridgehead atoms. The summed E-state index contributed by atoms with van der Waals surface area (Å²) in [6, 6.07) is 12.9. The fourth-order valence-corrected chi connectivity index (χ4v) is 2.50. The van der Waals surface area contributed by atoms with Gasteiger partial charge in [-0.3, -0.25) is 0 Å². The predicted molar refractivity (Wildman–Crippen MR) is 77.9 cm³/mol. The molecule has 0 unspecified atom stereocenters. The van der Waals surface area contributed by atoms with E-state index in [1.165, 1.54) is 6.08 Å². The molecular formula is C17H14O4.